The maximum atomic E-state index is 12.3. The van der Waals surface area contributed by atoms with Gasteiger partial charge in [-0.05, 0) is 18.6 Å². The van der Waals surface area contributed by atoms with Gasteiger partial charge in [0, 0.05) is 16.9 Å². The molecule has 0 amide bonds. The van der Waals surface area contributed by atoms with Crippen LogP contribution in [-0.2, 0) is 9.05 Å². The zero-order valence-corrected chi connectivity index (χ0v) is 8.61. The van der Waals surface area contributed by atoms with Crippen LogP contribution in [0.15, 0.2) is 17.2 Å². The van der Waals surface area contributed by atoms with Crippen LogP contribution in [-0.4, -0.2) is 13.4 Å². The highest BCUT2D eigenvalue weighted by Gasteiger charge is 2.23. The molecule has 1 aromatic heterocycles. The fourth-order valence-electron chi connectivity index (χ4n) is 0.912. The second-order valence-corrected chi connectivity index (χ2v) is 5.17. The molecule has 0 saturated carbocycles. The number of pyridine rings is 1. The summed E-state index contributed by atoms with van der Waals surface area (Å²) in [6.45, 7) is 1.54. The van der Waals surface area contributed by atoms with Crippen LogP contribution in [0.25, 0.3) is 0 Å². The van der Waals surface area contributed by atoms with Crippen molar-refractivity contribution in [3.63, 3.8) is 0 Å². The Morgan fingerprint density at radius 3 is 2.50 bits per heavy atom. The summed E-state index contributed by atoms with van der Waals surface area (Å²) in [4.78, 5) is 2.70. The fraction of sp³-hybridized carbons (Fsp3) is 0.286. The van der Waals surface area contributed by atoms with Crippen LogP contribution < -0.4 is 0 Å². The molecule has 78 valence electrons. The van der Waals surface area contributed by atoms with E-state index < -0.39 is 26.1 Å². The highest BCUT2D eigenvalue weighted by atomic mass is 35.7. The average molecular weight is 242 g/mol. The number of aromatic nitrogens is 1. The van der Waals surface area contributed by atoms with Crippen molar-refractivity contribution in [2.24, 2.45) is 0 Å². The topological polar surface area (TPSA) is 47.0 Å². The van der Waals surface area contributed by atoms with Crippen molar-refractivity contribution < 1.29 is 17.2 Å². The van der Waals surface area contributed by atoms with Gasteiger partial charge in [0.25, 0.3) is 15.5 Å². The summed E-state index contributed by atoms with van der Waals surface area (Å²) < 4.78 is 46.4. The normalized spacial score (nSPS) is 12.1. The molecule has 0 unspecified atom stereocenters. The molecule has 0 aliphatic carbocycles. The van der Waals surface area contributed by atoms with Crippen molar-refractivity contribution in [2.75, 3.05) is 0 Å². The molecule has 0 fully saturated rings. The molecule has 7 heteroatoms. The lowest BCUT2D eigenvalue weighted by Crippen LogP contribution is -2.02. The molecule has 0 aliphatic rings. The van der Waals surface area contributed by atoms with E-state index in [2.05, 4.69) is 4.98 Å². The van der Waals surface area contributed by atoms with Crippen LogP contribution in [0.2, 0.25) is 0 Å². The van der Waals surface area contributed by atoms with E-state index in [1.807, 2.05) is 0 Å². The zero-order chi connectivity index (χ0) is 10.9. The van der Waals surface area contributed by atoms with E-state index >= 15 is 0 Å². The highest BCUT2D eigenvalue weighted by Crippen LogP contribution is 2.27. The number of rotatable bonds is 2. The molecular weight excluding hydrogens is 236 g/mol. The van der Waals surface area contributed by atoms with Crippen molar-refractivity contribution >= 4 is 19.7 Å². The summed E-state index contributed by atoms with van der Waals surface area (Å²) >= 11 is 0. The van der Waals surface area contributed by atoms with Crippen LogP contribution >= 0.6 is 10.7 Å². The lowest BCUT2D eigenvalue weighted by molar-refractivity contribution is 0.142. The predicted octanol–water partition coefficient (Wildman–Crippen LogP) is 2.26. The molecular formula is C7H6ClF2NO2S. The molecule has 0 saturated heterocycles. The van der Waals surface area contributed by atoms with Gasteiger partial charge in [0.05, 0.1) is 0 Å². The lowest BCUT2D eigenvalue weighted by atomic mass is 10.3. The molecule has 1 aromatic rings. The van der Waals surface area contributed by atoms with Gasteiger partial charge in [-0.25, -0.2) is 17.2 Å². The Labute approximate surface area is 84.1 Å². The van der Waals surface area contributed by atoms with Crippen LogP contribution in [0.4, 0.5) is 8.78 Å². The summed E-state index contributed by atoms with van der Waals surface area (Å²) in [7, 11) is 0.807. The molecule has 0 atom stereocenters. The third-order valence-electron chi connectivity index (χ3n) is 1.49. The number of alkyl halides is 2. The molecule has 1 rings (SSSR count). The Morgan fingerprint density at radius 2 is 2.07 bits per heavy atom. The van der Waals surface area contributed by atoms with Gasteiger partial charge in [-0.3, -0.25) is 4.98 Å². The molecule has 14 heavy (non-hydrogen) atoms. The van der Waals surface area contributed by atoms with Gasteiger partial charge in [-0.2, -0.15) is 0 Å². The Morgan fingerprint density at radius 1 is 1.50 bits per heavy atom. The van der Waals surface area contributed by atoms with Crippen molar-refractivity contribution in [1.82, 2.24) is 4.98 Å². The molecule has 1 heterocycles. The van der Waals surface area contributed by atoms with Gasteiger partial charge in [0.2, 0.25) is 0 Å². The second-order valence-electron chi connectivity index (χ2n) is 2.63. The zero-order valence-electron chi connectivity index (χ0n) is 7.04. The Bertz CT molecular complexity index is 447. The average Bonchev–Trinajstić information content (AvgIpc) is 2.01. The van der Waals surface area contributed by atoms with Crippen molar-refractivity contribution in [3.8, 4) is 0 Å². The highest BCUT2D eigenvalue weighted by molar-refractivity contribution is 8.13. The summed E-state index contributed by atoms with van der Waals surface area (Å²) in [6.07, 6.45) is -1.80. The number of nitrogens with zero attached hydrogens (tertiary/aromatic N) is 1. The third-order valence-corrected chi connectivity index (χ3v) is 2.84. The van der Waals surface area contributed by atoms with Crippen molar-refractivity contribution in [3.05, 3.63) is 23.5 Å². The molecule has 0 aromatic carbocycles. The van der Waals surface area contributed by atoms with Gasteiger partial charge in [-0.15, -0.1) is 0 Å². The van der Waals surface area contributed by atoms with E-state index in [4.69, 9.17) is 10.7 Å². The summed E-state index contributed by atoms with van der Waals surface area (Å²) in [5.41, 5.74) is -0.362. The molecule has 0 spiro atoms. The third kappa shape index (κ3) is 2.39. The number of hydrogen-bond donors (Lipinski definition) is 0. The minimum absolute atomic E-state index is 0.452. The first-order valence-corrected chi connectivity index (χ1v) is 5.82. The van der Waals surface area contributed by atoms with Gasteiger partial charge in [-0.1, -0.05) is 0 Å². The maximum Gasteiger partial charge on any atom is 0.281 e. The Hall–Kier alpha value is -0.750. The number of hydrogen-bond acceptors (Lipinski definition) is 3. The quantitative estimate of drug-likeness (QED) is 0.746. The summed E-state index contributed by atoms with van der Waals surface area (Å²) in [5, 5.41) is 0. The summed E-state index contributed by atoms with van der Waals surface area (Å²) in [6, 6.07) is 1.07. The first kappa shape index (κ1) is 11.3. The Kier molecular flexibility index (Phi) is 3.06. The van der Waals surface area contributed by atoms with E-state index in [1.54, 1.807) is 0 Å². The minimum Gasteiger partial charge on any atom is -0.254 e. The van der Waals surface area contributed by atoms with E-state index in [0.29, 0.717) is 5.56 Å². The molecule has 3 nitrogen and oxygen atoms in total. The van der Waals surface area contributed by atoms with Crippen molar-refractivity contribution in [1.29, 1.82) is 0 Å². The first-order chi connectivity index (χ1) is 6.32. The monoisotopic (exact) mass is 241 g/mol. The molecule has 0 aliphatic heterocycles. The second kappa shape index (κ2) is 3.78. The van der Waals surface area contributed by atoms with E-state index in [9.17, 15) is 17.2 Å². The minimum atomic E-state index is -4.17. The van der Waals surface area contributed by atoms with Gasteiger partial charge >= 0.3 is 0 Å². The molecule has 0 N–H and O–H groups in total. The van der Waals surface area contributed by atoms with Crippen LogP contribution in [0.3, 0.4) is 0 Å². The fourth-order valence-corrected chi connectivity index (χ4v) is 2.00. The van der Waals surface area contributed by atoms with Gasteiger partial charge in [0.1, 0.15) is 10.6 Å². The smallest absolute Gasteiger partial charge is 0.254 e. The summed E-state index contributed by atoms with van der Waals surface area (Å²) in [5.74, 6) is 0. The first-order valence-electron chi connectivity index (χ1n) is 3.51. The van der Waals surface area contributed by atoms with Crippen LogP contribution in [0.1, 0.15) is 17.7 Å². The SMILES string of the molecule is Cc1cnc(C(F)F)c(S(=O)(=O)Cl)c1. The Balaban J connectivity index is 3.46. The van der Waals surface area contributed by atoms with Crippen LogP contribution in [0, 0.1) is 6.92 Å². The van der Waals surface area contributed by atoms with Gasteiger partial charge < -0.3 is 0 Å². The maximum absolute atomic E-state index is 12.3. The lowest BCUT2D eigenvalue weighted by Gasteiger charge is -2.05. The van der Waals surface area contributed by atoms with Crippen LogP contribution in [0.5, 0.6) is 0 Å². The van der Waals surface area contributed by atoms with Gasteiger partial charge in [0.15, 0.2) is 0 Å². The largest absolute Gasteiger partial charge is 0.281 e. The van der Waals surface area contributed by atoms with Crippen molar-refractivity contribution in [2.45, 2.75) is 18.2 Å². The number of aryl methyl sites for hydroxylation is 1. The predicted molar refractivity (Wildman–Crippen MR) is 47.0 cm³/mol. The standard InChI is InChI=1S/C7H6ClF2NO2S/c1-4-2-5(14(8,12)13)6(7(9)10)11-3-4/h2-3,7H,1H3. The molecule has 0 radical (unpaired) electrons. The molecule has 0 bridgehead atoms. The van der Waals surface area contributed by atoms with E-state index in [-0.39, 0.29) is 0 Å². The number of halogens is 3. The van der Waals surface area contributed by atoms with E-state index in [0.717, 1.165) is 12.3 Å². The van der Waals surface area contributed by atoms with E-state index in [1.165, 1.54) is 6.92 Å².